The highest BCUT2D eigenvalue weighted by Crippen LogP contribution is 2.22. The van der Waals surface area contributed by atoms with E-state index >= 15 is 0 Å². The Labute approximate surface area is 334 Å². The third-order valence-corrected chi connectivity index (χ3v) is 10.3. The van der Waals surface area contributed by atoms with Crippen LogP contribution in [0.25, 0.3) is 0 Å². The molecular formula is C45H81NO9. The molecule has 0 bridgehead atoms. The molecule has 0 saturated carbocycles. The van der Waals surface area contributed by atoms with E-state index in [0.29, 0.717) is 19.3 Å². The van der Waals surface area contributed by atoms with Crippen LogP contribution in [0, 0.1) is 0 Å². The molecule has 8 unspecified atom stereocenters. The molecule has 7 N–H and O–H groups in total. The summed E-state index contributed by atoms with van der Waals surface area (Å²) in [5.74, 6) is -0.634. The molecule has 10 heteroatoms. The summed E-state index contributed by atoms with van der Waals surface area (Å²) < 4.78 is 11.1. The lowest BCUT2D eigenvalue weighted by Gasteiger charge is -2.40. The lowest BCUT2D eigenvalue weighted by Crippen LogP contribution is -2.60. The summed E-state index contributed by atoms with van der Waals surface area (Å²) in [6.07, 6.45) is 33.4. The predicted octanol–water partition coefficient (Wildman–Crippen LogP) is 7.64. The van der Waals surface area contributed by atoms with Crippen LogP contribution >= 0.6 is 0 Å². The van der Waals surface area contributed by atoms with Crippen molar-refractivity contribution in [2.24, 2.45) is 0 Å². The number of nitrogens with one attached hydrogen (secondary N) is 1. The van der Waals surface area contributed by atoms with Gasteiger partial charge >= 0.3 is 0 Å². The number of aliphatic hydroxyl groups is 6. The van der Waals surface area contributed by atoms with E-state index in [1.807, 2.05) is 6.08 Å². The van der Waals surface area contributed by atoms with Crippen molar-refractivity contribution in [2.45, 2.75) is 217 Å². The summed E-state index contributed by atoms with van der Waals surface area (Å²) in [6.45, 7) is 3.52. The Bertz CT molecular complexity index is 1020. The van der Waals surface area contributed by atoms with Crippen molar-refractivity contribution in [3.05, 3.63) is 48.6 Å². The van der Waals surface area contributed by atoms with Gasteiger partial charge < -0.3 is 45.4 Å². The lowest BCUT2D eigenvalue weighted by molar-refractivity contribution is -0.302. The molecule has 320 valence electrons. The first-order valence-electron chi connectivity index (χ1n) is 22.0. The van der Waals surface area contributed by atoms with Crippen molar-refractivity contribution in [3.8, 4) is 0 Å². The van der Waals surface area contributed by atoms with E-state index < -0.39 is 61.5 Å². The van der Waals surface area contributed by atoms with Crippen LogP contribution in [0.15, 0.2) is 48.6 Å². The number of rotatable bonds is 35. The highest BCUT2D eigenvalue weighted by Gasteiger charge is 2.44. The Morgan fingerprint density at radius 3 is 1.73 bits per heavy atom. The summed E-state index contributed by atoms with van der Waals surface area (Å²) in [7, 11) is 0. The zero-order valence-corrected chi connectivity index (χ0v) is 34.5. The molecule has 1 aliphatic rings. The maximum Gasteiger partial charge on any atom is 0.249 e. The highest BCUT2D eigenvalue weighted by atomic mass is 16.7. The van der Waals surface area contributed by atoms with Gasteiger partial charge in [-0.05, 0) is 57.8 Å². The molecular weight excluding hydrogens is 698 g/mol. The Morgan fingerprint density at radius 2 is 1.13 bits per heavy atom. The molecule has 0 aromatic heterocycles. The molecule has 55 heavy (non-hydrogen) atoms. The second-order valence-electron chi connectivity index (χ2n) is 15.3. The SMILES string of the molecule is CCCCC/C=C\C=C/CCCCCCCCCCCC(O)C(=O)NC(COC1OC(CO)C(O)C(O)C1O)C(O)/C=C/CC/C=C/CCCCCCCC. The van der Waals surface area contributed by atoms with Gasteiger partial charge in [0.05, 0.1) is 25.4 Å². The van der Waals surface area contributed by atoms with E-state index in [1.54, 1.807) is 6.08 Å². The second-order valence-corrected chi connectivity index (χ2v) is 15.3. The van der Waals surface area contributed by atoms with Crippen LogP contribution in [0.2, 0.25) is 0 Å². The maximum atomic E-state index is 13.0. The van der Waals surface area contributed by atoms with Gasteiger partial charge in [0.25, 0.3) is 0 Å². The molecule has 1 aliphatic heterocycles. The molecule has 0 spiro atoms. The molecule has 0 aromatic carbocycles. The normalized spacial score (nSPS) is 22.4. The minimum atomic E-state index is -1.62. The number of amides is 1. The third-order valence-electron chi connectivity index (χ3n) is 10.3. The number of allylic oxidation sites excluding steroid dienone is 7. The second kappa shape index (κ2) is 35.3. The van der Waals surface area contributed by atoms with Crippen LogP contribution in [0.3, 0.4) is 0 Å². The number of hydrogen-bond acceptors (Lipinski definition) is 9. The molecule has 8 atom stereocenters. The monoisotopic (exact) mass is 780 g/mol. The number of hydrogen-bond donors (Lipinski definition) is 7. The zero-order valence-electron chi connectivity index (χ0n) is 34.5. The fourth-order valence-electron chi connectivity index (χ4n) is 6.58. The van der Waals surface area contributed by atoms with Gasteiger partial charge in [-0.1, -0.05) is 159 Å². The lowest BCUT2D eigenvalue weighted by atomic mass is 9.99. The van der Waals surface area contributed by atoms with Crippen molar-refractivity contribution in [1.82, 2.24) is 5.32 Å². The average Bonchev–Trinajstić information content (AvgIpc) is 3.18. The number of ether oxygens (including phenoxy) is 2. The molecule has 0 radical (unpaired) electrons. The van der Waals surface area contributed by atoms with Gasteiger partial charge in [-0.15, -0.1) is 0 Å². The van der Waals surface area contributed by atoms with Gasteiger partial charge in [0.15, 0.2) is 6.29 Å². The van der Waals surface area contributed by atoms with E-state index in [1.165, 1.54) is 96.3 Å². The summed E-state index contributed by atoms with van der Waals surface area (Å²) in [5, 5.41) is 64.5. The summed E-state index contributed by atoms with van der Waals surface area (Å²) in [4.78, 5) is 13.0. The number of aliphatic hydroxyl groups excluding tert-OH is 6. The quantitative estimate of drug-likeness (QED) is 0.0194. The minimum Gasteiger partial charge on any atom is -0.394 e. The first-order chi connectivity index (χ1) is 26.8. The Morgan fingerprint density at radius 1 is 0.636 bits per heavy atom. The predicted molar refractivity (Wildman–Crippen MR) is 222 cm³/mol. The molecule has 1 fully saturated rings. The fraction of sp³-hybridized carbons (Fsp3) is 0.800. The molecule has 1 rings (SSSR count). The van der Waals surface area contributed by atoms with Gasteiger partial charge in [-0.2, -0.15) is 0 Å². The van der Waals surface area contributed by atoms with Crippen LogP contribution in [-0.4, -0.2) is 98.7 Å². The summed E-state index contributed by atoms with van der Waals surface area (Å²) >= 11 is 0. The smallest absolute Gasteiger partial charge is 0.249 e. The van der Waals surface area contributed by atoms with Crippen molar-refractivity contribution in [2.75, 3.05) is 13.2 Å². The molecule has 10 nitrogen and oxygen atoms in total. The van der Waals surface area contributed by atoms with Crippen molar-refractivity contribution < 1.29 is 44.9 Å². The molecule has 1 heterocycles. The van der Waals surface area contributed by atoms with E-state index in [9.17, 15) is 35.4 Å². The standard InChI is InChI=1S/C45H81NO9/c1-3-5-7-9-11-13-15-17-18-19-20-21-22-24-26-28-30-32-34-39(49)44(53)46-37(36-54-45-43(52)42(51)41(50)40(35-47)55-45)38(48)33-31-29-27-25-23-16-14-12-10-8-6-4-2/h11,13,15,17,23,25,31,33,37-43,45,47-52H,3-10,12,14,16,18-22,24,26-30,32,34-36H2,1-2H3,(H,46,53)/b13-11-,17-15-,25-23+,33-31+. The minimum absolute atomic E-state index is 0.296. The topological polar surface area (TPSA) is 169 Å². The Balaban J connectivity index is 2.44. The van der Waals surface area contributed by atoms with Crippen LogP contribution in [0.5, 0.6) is 0 Å². The van der Waals surface area contributed by atoms with Crippen LogP contribution in [0.1, 0.15) is 168 Å². The van der Waals surface area contributed by atoms with Gasteiger partial charge in [-0.25, -0.2) is 0 Å². The van der Waals surface area contributed by atoms with Crippen LogP contribution in [0.4, 0.5) is 0 Å². The van der Waals surface area contributed by atoms with E-state index in [-0.39, 0.29) is 6.61 Å². The molecule has 0 aromatic rings. The van der Waals surface area contributed by atoms with Gasteiger partial charge in [0, 0.05) is 0 Å². The average molecular weight is 780 g/mol. The number of carbonyl (C=O) groups is 1. The number of carbonyl (C=O) groups excluding carboxylic acids is 1. The summed E-state index contributed by atoms with van der Waals surface area (Å²) in [5.41, 5.74) is 0. The molecule has 0 aliphatic carbocycles. The van der Waals surface area contributed by atoms with Crippen molar-refractivity contribution >= 4 is 5.91 Å². The molecule has 1 saturated heterocycles. The third kappa shape index (κ3) is 25.9. The maximum absolute atomic E-state index is 13.0. The van der Waals surface area contributed by atoms with Crippen molar-refractivity contribution in [1.29, 1.82) is 0 Å². The fourth-order valence-corrected chi connectivity index (χ4v) is 6.58. The number of unbranched alkanes of at least 4 members (excludes halogenated alkanes) is 19. The summed E-state index contributed by atoms with van der Waals surface area (Å²) in [6, 6.07) is -0.998. The van der Waals surface area contributed by atoms with E-state index in [4.69, 9.17) is 9.47 Å². The molecule has 1 amide bonds. The van der Waals surface area contributed by atoms with Crippen LogP contribution in [-0.2, 0) is 14.3 Å². The van der Waals surface area contributed by atoms with Gasteiger partial charge in [0.1, 0.15) is 30.5 Å². The van der Waals surface area contributed by atoms with E-state index in [0.717, 1.165) is 38.5 Å². The first-order valence-corrected chi connectivity index (χ1v) is 22.0. The first kappa shape index (κ1) is 51.1. The zero-order chi connectivity index (χ0) is 40.4. The van der Waals surface area contributed by atoms with E-state index in [2.05, 4.69) is 55.6 Å². The largest absolute Gasteiger partial charge is 0.394 e. The Hall–Kier alpha value is -1.89. The van der Waals surface area contributed by atoms with Crippen LogP contribution < -0.4 is 5.32 Å². The highest BCUT2D eigenvalue weighted by molar-refractivity contribution is 5.80. The Kier molecular flexibility index (Phi) is 32.8. The van der Waals surface area contributed by atoms with Crippen molar-refractivity contribution in [3.63, 3.8) is 0 Å². The van der Waals surface area contributed by atoms with Gasteiger partial charge in [-0.3, -0.25) is 4.79 Å². The van der Waals surface area contributed by atoms with Gasteiger partial charge in [0.2, 0.25) is 5.91 Å².